The fourth-order valence-electron chi connectivity index (χ4n) is 8.91. The maximum atomic E-state index is 11.8. The van der Waals surface area contributed by atoms with Gasteiger partial charge in [0.05, 0.1) is 40.0 Å². The van der Waals surface area contributed by atoms with Crippen molar-refractivity contribution in [3.63, 3.8) is 0 Å². The van der Waals surface area contributed by atoms with Crippen LogP contribution in [0.3, 0.4) is 0 Å². The van der Waals surface area contributed by atoms with Gasteiger partial charge in [0.15, 0.2) is 29.0 Å². The Labute approximate surface area is 376 Å². The van der Waals surface area contributed by atoms with Gasteiger partial charge >= 0.3 is 0 Å². The summed E-state index contributed by atoms with van der Waals surface area (Å²) in [6.45, 7) is 7.94. The summed E-state index contributed by atoms with van der Waals surface area (Å²) in [7, 11) is 0. The van der Waals surface area contributed by atoms with Gasteiger partial charge in [-0.25, -0.2) is 44.7 Å². The third kappa shape index (κ3) is 6.29. The van der Waals surface area contributed by atoms with Crippen LogP contribution in [0.15, 0.2) is 183 Å². The summed E-state index contributed by atoms with van der Waals surface area (Å²) in [5.41, 5.74) is 10.3. The molecule has 6 heterocycles. The summed E-state index contributed by atoms with van der Waals surface area (Å²) < 4.78 is 4.29. The van der Waals surface area contributed by atoms with E-state index in [4.69, 9.17) is 6.57 Å². The zero-order valence-corrected chi connectivity index (χ0v) is 34.7. The predicted octanol–water partition coefficient (Wildman–Crippen LogP) is 11.8. The van der Waals surface area contributed by atoms with Gasteiger partial charge in [-0.15, -0.1) is 0 Å². The van der Waals surface area contributed by atoms with E-state index >= 15 is 0 Å². The number of nitrogens with zero attached hydrogens (tertiary/aromatic N) is 12. The Hall–Kier alpha value is -9.78. The highest BCUT2D eigenvalue weighted by molar-refractivity contribution is 6.13. The van der Waals surface area contributed by atoms with Crippen molar-refractivity contribution in [1.29, 1.82) is 5.26 Å². The van der Waals surface area contributed by atoms with Gasteiger partial charge in [-0.2, -0.15) is 5.26 Å². The van der Waals surface area contributed by atoms with E-state index in [-0.39, 0.29) is 0 Å². The highest BCUT2D eigenvalue weighted by Gasteiger charge is 2.24. The summed E-state index contributed by atoms with van der Waals surface area (Å²) in [5, 5.41) is 15.6. The van der Waals surface area contributed by atoms with Crippen molar-refractivity contribution in [2.24, 2.45) is 0 Å². The molecule has 0 bridgehead atoms. The van der Waals surface area contributed by atoms with E-state index in [9.17, 15) is 5.26 Å². The van der Waals surface area contributed by atoms with Crippen molar-refractivity contribution in [1.82, 2.24) is 49.0 Å². The lowest BCUT2D eigenvalue weighted by atomic mass is 9.99. The minimum atomic E-state index is 0.406. The van der Waals surface area contributed by atoms with Gasteiger partial charge < -0.3 is 9.13 Å². The second kappa shape index (κ2) is 15.5. The topological polar surface area (TPSA) is 141 Å². The first-order valence-corrected chi connectivity index (χ1v) is 21.0. The summed E-state index contributed by atoms with van der Waals surface area (Å²) >= 11 is 0. The highest BCUT2D eigenvalue weighted by atomic mass is 15.0. The van der Waals surface area contributed by atoms with E-state index in [1.807, 2.05) is 54.6 Å². The maximum absolute atomic E-state index is 11.8. The first kappa shape index (κ1) is 37.9. The van der Waals surface area contributed by atoms with Crippen LogP contribution in [0.5, 0.6) is 0 Å². The molecular formula is C54H30N12. The van der Waals surface area contributed by atoms with Gasteiger partial charge in [-0.1, -0.05) is 66.7 Å². The minimum absolute atomic E-state index is 0.406. The number of hydrogen-bond acceptors (Lipinski definition) is 9. The molecule has 306 valence electrons. The summed E-state index contributed by atoms with van der Waals surface area (Å²) in [4.78, 5) is 40.6. The van der Waals surface area contributed by atoms with Crippen LogP contribution >= 0.6 is 0 Å². The first-order chi connectivity index (χ1) is 32.6. The fraction of sp³-hybridized carbons (Fsp3) is 0. The Bertz CT molecular complexity index is 3530. The standard InChI is InChI=1S/C54H30N12/c1-56-39-8-2-7-33(25-39)38-30-49(65-45-26-34(51-57-17-3-18-58-51)9-13-40(45)41-14-10-35(27-46(41)65)52-59-19-4-20-60-52)44(32-55)50(31-38)66-47-28-36(53-61-21-5-22-62-53)11-15-42(47)43-16-12-37(29-48(43)66)54-63-23-6-24-64-54/h2-31H. The molecule has 66 heavy (non-hydrogen) atoms. The first-order valence-electron chi connectivity index (χ1n) is 21.0. The van der Waals surface area contributed by atoms with Gasteiger partial charge in [0.25, 0.3) is 0 Å². The Morgan fingerprint density at radius 3 is 1.05 bits per heavy atom. The monoisotopic (exact) mass is 846 g/mol. The van der Waals surface area contributed by atoms with Crippen LogP contribution in [0.1, 0.15) is 5.56 Å². The predicted molar refractivity (Wildman–Crippen MR) is 256 cm³/mol. The molecule has 0 saturated carbocycles. The van der Waals surface area contributed by atoms with E-state index in [2.05, 4.69) is 108 Å². The molecule has 0 saturated heterocycles. The Morgan fingerprint density at radius 1 is 0.379 bits per heavy atom. The molecule has 0 amide bonds. The number of hydrogen-bond donors (Lipinski definition) is 0. The number of nitriles is 1. The van der Waals surface area contributed by atoms with Crippen LogP contribution in [-0.4, -0.2) is 49.0 Å². The van der Waals surface area contributed by atoms with Gasteiger partial charge in [-0.05, 0) is 77.9 Å². The van der Waals surface area contributed by atoms with Crippen LogP contribution in [-0.2, 0) is 0 Å². The molecule has 12 nitrogen and oxygen atoms in total. The highest BCUT2D eigenvalue weighted by Crippen LogP contribution is 2.43. The molecule has 0 radical (unpaired) electrons. The third-order valence-electron chi connectivity index (χ3n) is 11.8. The number of rotatable bonds is 7. The molecule has 0 fully saturated rings. The molecule has 12 aromatic rings. The molecule has 0 aliphatic heterocycles. The molecule has 12 rings (SSSR count). The maximum Gasteiger partial charge on any atom is 0.187 e. The van der Waals surface area contributed by atoms with Crippen LogP contribution in [0, 0.1) is 17.9 Å². The molecule has 0 atom stereocenters. The average Bonchev–Trinajstić information content (AvgIpc) is 3.90. The van der Waals surface area contributed by atoms with Gasteiger partial charge in [0.2, 0.25) is 0 Å². The van der Waals surface area contributed by atoms with Crippen molar-refractivity contribution >= 4 is 49.3 Å². The van der Waals surface area contributed by atoms with Crippen molar-refractivity contribution < 1.29 is 0 Å². The van der Waals surface area contributed by atoms with Gasteiger partial charge in [0, 0.05) is 93.4 Å². The lowest BCUT2D eigenvalue weighted by Gasteiger charge is -2.19. The molecule has 6 aromatic carbocycles. The van der Waals surface area contributed by atoms with E-state index in [0.29, 0.717) is 45.9 Å². The largest absolute Gasteiger partial charge is 0.308 e. The van der Waals surface area contributed by atoms with Crippen molar-refractivity contribution in [2.45, 2.75) is 0 Å². The minimum Gasteiger partial charge on any atom is -0.308 e. The summed E-state index contributed by atoms with van der Waals surface area (Å²) in [6.07, 6.45) is 13.8. The molecule has 12 heteroatoms. The number of fused-ring (bicyclic) bond motifs is 6. The Morgan fingerprint density at radius 2 is 0.727 bits per heavy atom. The molecule has 0 aliphatic carbocycles. The van der Waals surface area contributed by atoms with Crippen LogP contribution in [0.4, 0.5) is 5.69 Å². The Balaban J connectivity index is 1.24. The SMILES string of the molecule is [C-]#[N+]c1cccc(-c2cc(-n3c4cc(-c5ncccn5)ccc4c4ccc(-c5ncccn5)cc43)c(C#N)c(-n3c4cc(-c5ncccn5)ccc4c4ccc(-c5ncccn5)cc43)c2)c1. The average molecular weight is 847 g/mol. The lowest BCUT2D eigenvalue weighted by Crippen LogP contribution is -2.05. The molecule has 0 N–H and O–H groups in total. The Kier molecular flexibility index (Phi) is 8.93. The van der Waals surface area contributed by atoms with E-state index in [1.165, 1.54) is 0 Å². The second-order valence-corrected chi connectivity index (χ2v) is 15.6. The molecular weight excluding hydrogens is 817 g/mol. The normalized spacial score (nSPS) is 11.3. The van der Waals surface area contributed by atoms with Crippen LogP contribution in [0.25, 0.3) is 117 Å². The smallest absolute Gasteiger partial charge is 0.187 e. The van der Waals surface area contributed by atoms with Crippen molar-refractivity contribution in [3.8, 4) is 74.1 Å². The zero-order chi connectivity index (χ0) is 44.1. The summed E-state index contributed by atoms with van der Waals surface area (Å²) in [5.74, 6) is 2.29. The number of benzene rings is 6. The molecule has 0 spiro atoms. The van der Waals surface area contributed by atoms with Gasteiger partial charge in [-0.3, -0.25) is 0 Å². The molecule has 0 unspecified atom stereocenters. The summed E-state index contributed by atoms with van der Waals surface area (Å²) in [6, 6.07) is 46.3. The van der Waals surface area contributed by atoms with E-state index < -0.39 is 0 Å². The van der Waals surface area contributed by atoms with E-state index in [0.717, 1.165) is 77.0 Å². The van der Waals surface area contributed by atoms with Crippen LogP contribution < -0.4 is 0 Å². The van der Waals surface area contributed by atoms with Crippen molar-refractivity contribution in [2.75, 3.05) is 0 Å². The van der Waals surface area contributed by atoms with E-state index in [1.54, 1.807) is 79.9 Å². The number of aromatic nitrogens is 10. The van der Waals surface area contributed by atoms with Crippen molar-refractivity contribution in [3.05, 3.63) is 200 Å². The van der Waals surface area contributed by atoms with Crippen LogP contribution in [0.2, 0.25) is 0 Å². The molecule has 6 aromatic heterocycles. The molecule has 0 aliphatic rings. The fourth-order valence-corrected chi connectivity index (χ4v) is 8.91. The quantitative estimate of drug-likeness (QED) is 0.143. The zero-order valence-electron chi connectivity index (χ0n) is 34.7. The second-order valence-electron chi connectivity index (χ2n) is 15.6. The third-order valence-corrected chi connectivity index (χ3v) is 11.8. The van der Waals surface area contributed by atoms with Gasteiger partial charge in [0.1, 0.15) is 11.6 Å². The lowest BCUT2D eigenvalue weighted by molar-refractivity contribution is 1.11.